The van der Waals surface area contributed by atoms with E-state index in [-0.39, 0.29) is 6.04 Å². The molecule has 4 nitrogen and oxygen atoms in total. The van der Waals surface area contributed by atoms with Gasteiger partial charge in [0, 0.05) is 23.3 Å². The van der Waals surface area contributed by atoms with Crippen LogP contribution in [0.1, 0.15) is 22.3 Å². The van der Waals surface area contributed by atoms with E-state index in [2.05, 4.69) is 9.97 Å². The third-order valence-corrected chi connectivity index (χ3v) is 3.28. The molecule has 0 aromatic carbocycles. The van der Waals surface area contributed by atoms with Crippen molar-refractivity contribution >= 4 is 11.3 Å². The maximum Gasteiger partial charge on any atom is 0.212 e. The molecule has 2 aromatic rings. The number of ether oxygens (including phenoxy) is 1. The summed E-state index contributed by atoms with van der Waals surface area (Å²) >= 11 is 1.57. The first-order valence-corrected chi connectivity index (χ1v) is 5.76. The van der Waals surface area contributed by atoms with Crippen LogP contribution in [0.2, 0.25) is 0 Å². The molecule has 2 aromatic heterocycles. The van der Waals surface area contributed by atoms with E-state index in [1.54, 1.807) is 30.7 Å². The fraction of sp³-hybridized carbons (Fsp3) is 0.273. The topological polar surface area (TPSA) is 61.0 Å². The Kier molecular flexibility index (Phi) is 3.17. The monoisotopic (exact) mass is 235 g/mol. The average molecular weight is 235 g/mol. The van der Waals surface area contributed by atoms with Gasteiger partial charge in [0.25, 0.3) is 0 Å². The Bertz CT molecular complexity index is 466. The molecule has 0 saturated carbocycles. The van der Waals surface area contributed by atoms with Crippen molar-refractivity contribution in [3.8, 4) is 5.88 Å². The highest BCUT2D eigenvalue weighted by Gasteiger charge is 2.12. The third-order valence-electron chi connectivity index (χ3n) is 2.23. The van der Waals surface area contributed by atoms with Gasteiger partial charge in [-0.1, -0.05) is 6.07 Å². The second-order valence-electron chi connectivity index (χ2n) is 3.44. The van der Waals surface area contributed by atoms with Crippen LogP contribution >= 0.6 is 11.3 Å². The Morgan fingerprint density at radius 2 is 2.25 bits per heavy atom. The largest absolute Gasteiger partial charge is 0.481 e. The van der Waals surface area contributed by atoms with Crippen molar-refractivity contribution in [1.82, 2.24) is 9.97 Å². The predicted octanol–water partition coefficient (Wildman–Crippen LogP) is 1.90. The lowest BCUT2D eigenvalue weighted by molar-refractivity contribution is 0.397. The number of pyridine rings is 1. The summed E-state index contributed by atoms with van der Waals surface area (Å²) in [6.07, 6.45) is 1.72. The molecule has 2 rings (SSSR count). The molecule has 1 atom stereocenters. The summed E-state index contributed by atoms with van der Waals surface area (Å²) in [7, 11) is 1.59. The summed E-state index contributed by atoms with van der Waals surface area (Å²) in [5.41, 5.74) is 8.03. The summed E-state index contributed by atoms with van der Waals surface area (Å²) < 4.78 is 4.99. The summed E-state index contributed by atoms with van der Waals surface area (Å²) in [4.78, 5) is 8.49. The minimum Gasteiger partial charge on any atom is -0.481 e. The zero-order chi connectivity index (χ0) is 11.5. The zero-order valence-corrected chi connectivity index (χ0v) is 9.99. The SMILES string of the molecule is COc1ccc(C(N)c2nc(C)cs2)cn1. The van der Waals surface area contributed by atoms with Crippen LogP contribution in [0, 0.1) is 6.92 Å². The molecule has 0 radical (unpaired) electrons. The highest BCUT2D eigenvalue weighted by molar-refractivity contribution is 7.09. The van der Waals surface area contributed by atoms with Crippen molar-refractivity contribution in [1.29, 1.82) is 0 Å². The molecule has 0 bridgehead atoms. The molecular weight excluding hydrogens is 222 g/mol. The number of aromatic nitrogens is 2. The molecule has 16 heavy (non-hydrogen) atoms. The molecular formula is C11H13N3OS. The number of hydrogen-bond donors (Lipinski definition) is 1. The molecule has 1 unspecified atom stereocenters. The standard InChI is InChI=1S/C11H13N3OS/c1-7-6-16-11(14-7)10(12)8-3-4-9(15-2)13-5-8/h3-6,10H,12H2,1-2H3. The van der Waals surface area contributed by atoms with E-state index in [1.165, 1.54) is 0 Å². The summed E-state index contributed by atoms with van der Waals surface area (Å²) in [5, 5.41) is 2.90. The van der Waals surface area contributed by atoms with Gasteiger partial charge in [-0.25, -0.2) is 9.97 Å². The van der Waals surface area contributed by atoms with Crippen molar-refractivity contribution < 1.29 is 4.74 Å². The van der Waals surface area contributed by atoms with Crippen LogP contribution < -0.4 is 10.5 Å². The van der Waals surface area contributed by atoms with Crippen LogP contribution in [0.4, 0.5) is 0 Å². The van der Waals surface area contributed by atoms with Gasteiger partial charge in [-0.15, -0.1) is 11.3 Å². The molecule has 2 N–H and O–H groups in total. The van der Waals surface area contributed by atoms with Gasteiger partial charge < -0.3 is 10.5 Å². The lowest BCUT2D eigenvalue weighted by Gasteiger charge is -2.08. The van der Waals surface area contributed by atoms with Gasteiger partial charge in [-0.2, -0.15) is 0 Å². The van der Waals surface area contributed by atoms with Gasteiger partial charge in [0.2, 0.25) is 5.88 Å². The van der Waals surface area contributed by atoms with Gasteiger partial charge in [-0.05, 0) is 12.5 Å². The normalized spacial score (nSPS) is 12.4. The number of rotatable bonds is 3. The Morgan fingerprint density at radius 3 is 2.75 bits per heavy atom. The lowest BCUT2D eigenvalue weighted by Crippen LogP contribution is -2.11. The van der Waals surface area contributed by atoms with E-state index < -0.39 is 0 Å². The van der Waals surface area contributed by atoms with Crippen LogP contribution in [0.3, 0.4) is 0 Å². The molecule has 0 saturated heterocycles. The van der Waals surface area contributed by atoms with E-state index in [0.717, 1.165) is 16.3 Å². The molecule has 0 aliphatic heterocycles. The third kappa shape index (κ3) is 2.20. The smallest absolute Gasteiger partial charge is 0.212 e. The van der Waals surface area contributed by atoms with Crippen molar-refractivity contribution in [3.05, 3.63) is 40.0 Å². The quantitative estimate of drug-likeness (QED) is 0.882. The van der Waals surface area contributed by atoms with Gasteiger partial charge in [-0.3, -0.25) is 0 Å². The second kappa shape index (κ2) is 4.59. The molecule has 5 heteroatoms. The minimum atomic E-state index is -0.211. The van der Waals surface area contributed by atoms with E-state index in [0.29, 0.717) is 5.88 Å². The van der Waals surface area contributed by atoms with Gasteiger partial charge in [0.05, 0.1) is 13.2 Å². The van der Waals surface area contributed by atoms with Crippen LogP contribution in [0.15, 0.2) is 23.7 Å². The van der Waals surface area contributed by atoms with Gasteiger partial charge >= 0.3 is 0 Å². The summed E-state index contributed by atoms with van der Waals surface area (Å²) in [6, 6.07) is 3.50. The van der Waals surface area contributed by atoms with Crippen LogP contribution in [0.5, 0.6) is 5.88 Å². The Balaban J connectivity index is 2.23. The molecule has 0 spiro atoms. The molecule has 0 fully saturated rings. The van der Waals surface area contributed by atoms with Crippen LogP contribution in [-0.2, 0) is 0 Å². The second-order valence-corrected chi connectivity index (χ2v) is 4.33. The number of aryl methyl sites for hydroxylation is 1. The number of methoxy groups -OCH3 is 1. The number of nitrogens with zero attached hydrogens (tertiary/aromatic N) is 2. The fourth-order valence-electron chi connectivity index (χ4n) is 1.35. The number of hydrogen-bond acceptors (Lipinski definition) is 5. The van der Waals surface area contributed by atoms with E-state index >= 15 is 0 Å². The first-order valence-electron chi connectivity index (χ1n) is 4.88. The van der Waals surface area contributed by atoms with Crippen LogP contribution in [0.25, 0.3) is 0 Å². The first kappa shape index (κ1) is 11.0. The fourth-order valence-corrected chi connectivity index (χ4v) is 2.18. The molecule has 0 aliphatic rings. The Morgan fingerprint density at radius 1 is 1.44 bits per heavy atom. The molecule has 0 amide bonds. The Hall–Kier alpha value is -1.46. The molecule has 84 valence electrons. The lowest BCUT2D eigenvalue weighted by atomic mass is 10.1. The maximum atomic E-state index is 6.09. The van der Waals surface area contributed by atoms with Gasteiger partial charge in [0.1, 0.15) is 5.01 Å². The molecule has 0 aliphatic carbocycles. The van der Waals surface area contributed by atoms with E-state index in [1.807, 2.05) is 18.4 Å². The number of thiazole rings is 1. The summed E-state index contributed by atoms with van der Waals surface area (Å²) in [5.74, 6) is 0.589. The zero-order valence-electron chi connectivity index (χ0n) is 9.18. The van der Waals surface area contributed by atoms with Gasteiger partial charge in [0.15, 0.2) is 0 Å². The maximum absolute atomic E-state index is 6.09. The average Bonchev–Trinajstić information content (AvgIpc) is 2.75. The van der Waals surface area contributed by atoms with E-state index in [4.69, 9.17) is 10.5 Å². The number of nitrogens with two attached hydrogens (primary N) is 1. The predicted molar refractivity (Wildman–Crippen MR) is 63.7 cm³/mol. The van der Waals surface area contributed by atoms with Crippen molar-refractivity contribution in [2.24, 2.45) is 5.73 Å². The highest BCUT2D eigenvalue weighted by atomic mass is 32.1. The van der Waals surface area contributed by atoms with Crippen molar-refractivity contribution in [2.75, 3.05) is 7.11 Å². The molecule has 2 heterocycles. The minimum absolute atomic E-state index is 0.211. The van der Waals surface area contributed by atoms with E-state index in [9.17, 15) is 0 Å². The summed E-state index contributed by atoms with van der Waals surface area (Å²) in [6.45, 7) is 1.96. The van der Waals surface area contributed by atoms with Crippen molar-refractivity contribution in [2.45, 2.75) is 13.0 Å². The first-order chi connectivity index (χ1) is 7.70. The Labute approximate surface area is 98.1 Å². The highest BCUT2D eigenvalue weighted by Crippen LogP contribution is 2.23. The van der Waals surface area contributed by atoms with Crippen molar-refractivity contribution in [3.63, 3.8) is 0 Å². The van der Waals surface area contributed by atoms with Crippen LogP contribution in [-0.4, -0.2) is 17.1 Å².